The average Bonchev–Trinajstić information content (AvgIpc) is 2.78. The Balaban J connectivity index is 2.05. The minimum absolute atomic E-state index is 0.607. The monoisotopic (exact) mass is 258 g/mol. The smallest absolute Gasteiger partial charge is 0.0637 e. The zero-order valence-corrected chi connectivity index (χ0v) is 10.9. The van der Waals surface area contributed by atoms with E-state index in [0.717, 1.165) is 25.2 Å². The van der Waals surface area contributed by atoms with Gasteiger partial charge in [0.25, 0.3) is 0 Å². The van der Waals surface area contributed by atoms with Gasteiger partial charge in [-0.15, -0.1) is 0 Å². The second kappa shape index (κ2) is 5.37. The molecule has 1 unspecified atom stereocenters. The number of halogens is 2. The fraction of sp³-hybridized carbons (Fsp3) is 0.500. The number of likely N-dealkylation sites (N-methyl/N-ethyl adjacent to an activating group) is 1. The molecule has 0 aromatic heterocycles. The van der Waals surface area contributed by atoms with E-state index in [1.807, 2.05) is 18.2 Å². The molecule has 1 fully saturated rings. The predicted octanol–water partition coefficient (Wildman–Crippen LogP) is 2.79. The molecule has 4 heteroatoms. The fourth-order valence-corrected chi connectivity index (χ4v) is 2.46. The van der Waals surface area contributed by atoms with Crippen molar-refractivity contribution < 1.29 is 0 Å². The van der Waals surface area contributed by atoms with Crippen LogP contribution in [0.3, 0.4) is 0 Å². The van der Waals surface area contributed by atoms with E-state index in [9.17, 15) is 0 Å². The summed E-state index contributed by atoms with van der Waals surface area (Å²) in [5.74, 6) is 0. The van der Waals surface area contributed by atoms with E-state index in [0.29, 0.717) is 16.1 Å². The molecule has 1 heterocycles. The Labute approximate surface area is 107 Å². The van der Waals surface area contributed by atoms with Gasteiger partial charge in [0.2, 0.25) is 0 Å². The van der Waals surface area contributed by atoms with Crippen LogP contribution in [0.25, 0.3) is 0 Å². The molecule has 2 nitrogen and oxygen atoms in total. The van der Waals surface area contributed by atoms with Crippen LogP contribution in [0.2, 0.25) is 10.0 Å². The molecule has 1 aromatic carbocycles. The van der Waals surface area contributed by atoms with Crippen LogP contribution in [0.5, 0.6) is 0 Å². The maximum atomic E-state index is 6.17. The van der Waals surface area contributed by atoms with E-state index in [4.69, 9.17) is 23.2 Å². The molecule has 1 saturated heterocycles. The van der Waals surface area contributed by atoms with Crippen LogP contribution < -0.4 is 5.32 Å². The molecule has 1 aliphatic rings. The van der Waals surface area contributed by atoms with Crippen molar-refractivity contribution in [1.29, 1.82) is 0 Å². The fourth-order valence-electron chi connectivity index (χ4n) is 2.08. The Bertz CT molecular complexity index is 362. The van der Waals surface area contributed by atoms with Crippen LogP contribution in [-0.4, -0.2) is 31.1 Å². The number of benzene rings is 1. The van der Waals surface area contributed by atoms with Gasteiger partial charge < -0.3 is 5.32 Å². The first-order valence-electron chi connectivity index (χ1n) is 5.52. The molecule has 0 radical (unpaired) electrons. The van der Waals surface area contributed by atoms with Crippen LogP contribution in [0.4, 0.5) is 0 Å². The summed E-state index contributed by atoms with van der Waals surface area (Å²) in [6.07, 6.45) is 1.20. The Morgan fingerprint density at radius 1 is 1.44 bits per heavy atom. The first-order valence-corrected chi connectivity index (χ1v) is 6.28. The zero-order chi connectivity index (χ0) is 11.5. The molecule has 16 heavy (non-hydrogen) atoms. The summed E-state index contributed by atoms with van der Waals surface area (Å²) < 4.78 is 0. The molecule has 0 spiro atoms. The second-order valence-electron chi connectivity index (χ2n) is 4.27. The van der Waals surface area contributed by atoms with Crippen LogP contribution in [0.1, 0.15) is 12.0 Å². The molecule has 0 saturated carbocycles. The van der Waals surface area contributed by atoms with Gasteiger partial charge >= 0.3 is 0 Å². The van der Waals surface area contributed by atoms with Crippen molar-refractivity contribution in [3.05, 3.63) is 33.8 Å². The number of rotatable bonds is 3. The van der Waals surface area contributed by atoms with Gasteiger partial charge in [0, 0.05) is 19.1 Å². The van der Waals surface area contributed by atoms with Crippen molar-refractivity contribution in [1.82, 2.24) is 10.2 Å². The van der Waals surface area contributed by atoms with E-state index in [1.54, 1.807) is 0 Å². The van der Waals surface area contributed by atoms with Gasteiger partial charge in [0.05, 0.1) is 10.0 Å². The average molecular weight is 259 g/mol. The third-order valence-corrected chi connectivity index (χ3v) is 3.97. The van der Waals surface area contributed by atoms with Gasteiger partial charge in [-0.1, -0.05) is 35.3 Å². The van der Waals surface area contributed by atoms with Crippen molar-refractivity contribution in [2.75, 3.05) is 20.1 Å². The lowest BCUT2D eigenvalue weighted by Gasteiger charge is -2.24. The molecule has 1 N–H and O–H groups in total. The Morgan fingerprint density at radius 3 is 2.94 bits per heavy atom. The molecular weight excluding hydrogens is 243 g/mol. The first-order chi connectivity index (χ1) is 7.68. The minimum atomic E-state index is 0.607. The molecule has 1 atom stereocenters. The van der Waals surface area contributed by atoms with Crippen molar-refractivity contribution in [3.8, 4) is 0 Å². The van der Waals surface area contributed by atoms with Crippen molar-refractivity contribution >= 4 is 23.2 Å². The van der Waals surface area contributed by atoms with E-state index < -0.39 is 0 Å². The standard InChI is InChI=1S/C12H16Cl2N2/c1-16(10-5-6-15-7-10)8-9-3-2-4-11(13)12(9)14/h2-4,10,15H,5-8H2,1H3. The van der Waals surface area contributed by atoms with Crippen LogP contribution >= 0.6 is 23.2 Å². The summed E-state index contributed by atoms with van der Waals surface area (Å²) >= 11 is 12.2. The van der Waals surface area contributed by atoms with Crippen LogP contribution in [0.15, 0.2) is 18.2 Å². The molecule has 0 bridgehead atoms. The summed E-state index contributed by atoms with van der Waals surface area (Å²) in [6, 6.07) is 6.41. The molecule has 0 aliphatic carbocycles. The molecule has 2 rings (SSSR count). The van der Waals surface area contributed by atoms with Crippen molar-refractivity contribution in [2.24, 2.45) is 0 Å². The third-order valence-electron chi connectivity index (χ3n) is 3.11. The predicted molar refractivity (Wildman–Crippen MR) is 69.2 cm³/mol. The lowest BCUT2D eigenvalue weighted by Crippen LogP contribution is -2.32. The molecular formula is C12H16Cl2N2. The zero-order valence-electron chi connectivity index (χ0n) is 9.34. The summed E-state index contributed by atoms with van der Waals surface area (Å²) in [5.41, 5.74) is 1.10. The highest BCUT2D eigenvalue weighted by Gasteiger charge is 2.19. The first kappa shape index (κ1) is 12.2. The maximum Gasteiger partial charge on any atom is 0.0637 e. The minimum Gasteiger partial charge on any atom is -0.315 e. The van der Waals surface area contributed by atoms with Gasteiger partial charge in [0.15, 0.2) is 0 Å². The number of hydrogen-bond acceptors (Lipinski definition) is 2. The summed E-state index contributed by atoms with van der Waals surface area (Å²) in [5, 5.41) is 4.68. The van der Waals surface area contributed by atoms with Crippen LogP contribution in [-0.2, 0) is 6.54 Å². The summed E-state index contributed by atoms with van der Waals surface area (Å²) in [7, 11) is 2.13. The van der Waals surface area contributed by atoms with Crippen LogP contribution in [0, 0.1) is 0 Å². The molecule has 1 aliphatic heterocycles. The Kier molecular flexibility index (Phi) is 4.09. The molecule has 88 valence electrons. The molecule has 1 aromatic rings. The lowest BCUT2D eigenvalue weighted by molar-refractivity contribution is 0.249. The van der Waals surface area contributed by atoms with E-state index in [2.05, 4.69) is 17.3 Å². The Morgan fingerprint density at radius 2 is 2.25 bits per heavy atom. The largest absolute Gasteiger partial charge is 0.315 e. The second-order valence-corrected chi connectivity index (χ2v) is 5.06. The van der Waals surface area contributed by atoms with Crippen molar-refractivity contribution in [2.45, 2.75) is 19.0 Å². The van der Waals surface area contributed by atoms with Gasteiger partial charge in [-0.2, -0.15) is 0 Å². The highest BCUT2D eigenvalue weighted by Crippen LogP contribution is 2.26. The Hall–Kier alpha value is -0.280. The lowest BCUT2D eigenvalue weighted by atomic mass is 10.1. The highest BCUT2D eigenvalue weighted by atomic mass is 35.5. The van der Waals surface area contributed by atoms with Gasteiger partial charge in [-0.05, 0) is 31.6 Å². The number of nitrogens with zero attached hydrogens (tertiary/aromatic N) is 1. The summed E-state index contributed by atoms with van der Waals surface area (Å²) in [4.78, 5) is 2.33. The topological polar surface area (TPSA) is 15.3 Å². The normalized spacial score (nSPS) is 20.6. The van der Waals surface area contributed by atoms with E-state index in [1.165, 1.54) is 6.42 Å². The van der Waals surface area contributed by atoms with Crippen molar-refractivity contribution in [3.63, 3.8) is 0 Å². The SMILES string of the molecule is CN(Cc1cccc(Cl)c1Cl)C1CCNC1. The van der Waals surface area contributed by atoms with E-state index in [-0.39, 0.29) is 0 Å². The maximum absolute atomic E-state index is 6.17. The number of hydrogen-bond donors (Lipinski definition) is 1. The highest BCUT2D eigenvalue weighted by molar-refractivity contribution is 6.42. The van der Waals surface area contributed by atoms with Gasteiger partial charge in [-0.25, -0.2) is 0 Å². The van der Waals surface area contributed by atoms with Gasteiger partial charge in [-0.3, -0.25) is 4.90 Å². The van der Waals surface area contributed by atoms with E-state index >= 15 is 0 Å². The quantitative estimate of drug-likeness (QED) is 0.897. The van der Waals surface area contributed by atoms with Gasteiger partial charge in [0.1, 0.15) is 0 Å². The summed E-state index contributed by atoms with van der Waals surface area (Å²) in [6.45, 7) is 3.03. The number of nitrogens with one attached hydrogen (secondary N) is 1. The molecule has 0 amide bonds. The third kappa shape index (κ3) is 2.69.